The summed E-state index contributed by atoms with van der Waals surface area (Å²) in [7, 11) is 0. The molecule has 0 aliphatic carbocycles. The van der Waals surface area contributed by atoms with Crippen LogP contribution in [0.1, 0.15) is 18.1 Å². The standard InChI is InChI=1S/C18H15NO2/c1-2-21-18(20)17(15-11-7-4-8-12-15)16(13-19)14-9-5-3-6-10-14/h3-12H,2H2,1H3/b17-16-. The van der Waals surface area contributed by atoms with E-state index in [1.807, 2.05) is 36.4 Å². The highest BCUT2D eigenvalue weighted by atomic mass is 16.5. The molecule has 2 aromatic carbocycles. The first kappa shape index (κ1) is 14.5. The lowest BCUT2D eigenvalue weighted by molar-refractivity contribution is -0.136. The summed E-state index contributed by atoms with van der Waals surface area (Å²) in [5, 5.41) is 9.51. The van der Waals surface area contributed by atoms with Gasteiger partial charge in [-0.15, -0.1) is 0 Å². The molecule has 0 saturated heterocycles. The molecule has 0 heterocycles. The number of nitriles is 1. The van der Waals surface area contributed by atoms with E-state index < -0.39 is 5.97 Å². The van der Waals surface area contributed by atoms with Crippen LogP contribution in [0.3, 0.4) is 0 Å². The highest BCUT2D eigenvalue weighted by Crippen LogP contribution is 2.27. The van der Waals surface area contributed by atoms with Gasteiger partial charge in [-0.1, -0.05) is 60.7 Å². The first-order valence-corrected chi connectivity index (χ1v) is 6.70. The Labute approximate surface area is 124 Å². The number of rotatable bonds is 4. The Kier molecular flexibility index (Phi) is 4.89. The van der Waals surface area contributed by atoms with Gasteiger partial charge in [-0.05, 0) is 18.1 Å². The van der Waals surface area contributed by atoms with Crippen molar-refractivity contribution in [3.05, 3.63) is 71.8 Å². The summed E-state index contributed by atoms with van der Waals surface area (Å²) in [5.74, 6) is -0.482. The molecule has 104 valence electrons. The van der Waals surface area contributed by atoms with Crippen molar-refractivity contribution in [1.29, 1.82) is 5.26 Å². The molecule has 3 heteroatoms. The number of hydrogen-bond donors (Lipinski definition) is 0. The maximum atomic E-state index is 12.3. The number of hydrogen-bond acceptors (Lipinski definition) is 3. The van der Waals surface area contributed by atoms with Crippen LogP contribution in [-0.4, -0.2) is 12.6 Å². The minimum absolute atomic E-state index is 0.267. The molecule has 3 nitrogen and oxygen atoms in total. The Hall–Kier alpha value is -2.86. The summed E-state index contributed by atoms with van der Waals surface area (Å²) in [4.78, 5) is 12.3. The molecular weight excluding hydrogens is 262 g/mol. The molecule has 2 aromatic rings. The topological polar surface area (TPSA) is 50.1 Å². The minimum atomic E-state index is -0.482. The maximum absolute atomic E-state index is 12.3. The Bertz CT molecular complexity index is 682. The zero-order valence-electron chi connectivity index (χ0n) is 11.7. The Morgan fingerprint density at radius 1 is 1.00 bits per heavy atom. The SMILES string of the molecule is CCOC(=O)/C(=C(/C#N)c1ccccc1)c1ccccc1. The fourth-order valence-electron chi connectivity index (χ4n) is 2.04. The average molecular weight is 277 g/mol. The maximum Gasteiger partial charge on any atom is 0.340 e. The summed E-state index contributed by atoms with van der Waals surface area (Å²) in [6.07, 6.45) is 0. The van der Waals surface area contributed by atoms with Crippen molar-refractivity contribution in [2.75, 3.05) is 6.61 Å². The van der Waals surface area contributed by atoms with Crippen molar-refractivity contribution < 1.29 is 9.53 Å². The molecular formula is C18H15NO2. The highest BCUT2D eigenvalue weighted by Gasteiger charge is 2.19. The van der Waals surface area contributed by atoms with Crippen LogP contribution in [0.4, 0.5) is 0 Å². The van der Waals surface area contributed by atoms with E-state index in [2.05, 4.69) is 6.07 Å². The third-order valence-electron chi connectivity index (χ3n) is 2.97. The van der Waals surface area contributed by atoms with Crippen LogP contribution in [0.15, 0.2) is 60.7 Å². The molecule has 21 heavy (non-hydrogen) atoms. The number of benzene rings is 2. The second-order valence-corrected chi connectivity index (χ2v) is 4.31. The molecule has 0 spiro atoms. The Balaban J connectivity index is 2.65. The van der Waals surface area contributed by atoms with Gasteiger partial charge in [-0.3, -0.25) is 0 Å². The first-order chi connectivity index (χ1) is 10.3. The molecule has 2 rings (SSSR count). The van der Waals surface area contributed by atoms with Gasteiger partial charge in [0.05, 0.1) is 17.8 Å². The summed E-state index contributed by atoms with van der Waals surface area (Å²) < 4.78 is 5.11. The zero-order valence-corrected chi connectivity index (χ0v) is 11.7. The van der Waals surface area contributed by atoms with Crippen LogP contribution in [0.2, 0.25) is 0 Å². The second kappa shape index (κ2) is 7.06. The third kappa shape index (κ3) is 3.37. The molecule has 0 unspecified atom stereocenters. The molecule has 0 bridgehead atoms. The van der Waals surface area contributed by atoms with Gasteiger partial charge in [-0.25, -0.2) is 4.79 Å². The van der Waals surface area contributed by atoms with Crippen molar-refractivity contribution in [3.63, 3.8) is 0 Å². The van der Waals surface area contributed by atoms with E-state index in [-0.39, 0.29) is 6.61 Å². The lowest BCUT2D eigenvalue weighted by Crippen LogP contribution is -2.09. The van der Waals surface area contributed by atoms with Gasteiger partial charge in [0, 0.05) is 0 Å². The Morgan fingerprint density at radius 3 is 2.00 bits per heavy atom. The van der Waals surface area contributed by atoms with Crippen molar-refractivity contribution in [2.24, 2.45) is 0 Å². The smallest absolute Gasteiger partial charge is 0.340 e. The third-order valence-corrected chi connectivity index (χ3v) is 2.97. The number of nitrogens with zero attached hydrogens (tertiary/aromatic N) is 1. The van der Waals surface area contributed by atoms with E-state index in [4.69, 9.17) is 4.74 Å². The Morgan fingerprint density at radius 2 is 1.52 bits per heavy atom. The molecule has 0 aliphatic heterocycles. The normalized spacial score (nSPS) is 11.2. The predicted molar refractivity (Wildman–Crippen MR) is 81.9 cm³/mol. The van der Waals surface area contributed by atoms with Crippen LogP contribution in [-0.2, 0) is 9.53 Å². The summed E-state index contributed by atoms with van der Waals surface area (Å²) in [6.45, 7) is 2.01. The lowest BCUT2D eigenvalue weighted by Gasteiger charge is -2.10. The molecule has 0 N–H and O–H groups in total. The fourth-order valence-corrected chi connectivity index (χ4v) is 2.04. The summed E-state index contributed by atoms with van der Waals surface area (Å²) in [5.41, 5.74) is 2.00. The van der Waals surface area contributed by atoms with Gasteiger partial charge in [-0.2, -0.15) is 5.26 Å². The summed E-state index contributed by atoms with van der Waals surface area (Å²) >= 11 is 0. The molecule has 0 saturated carbocycles. The van der Waals surface area contributed by atoms with Gasteiger partial charge in [0.2, 0.25) is 0 Å². The molecule has 0 aromatic heterocycles. The minimum Gasteiger partial charge on any atom is -0.462 e. The van der Waals surface area contributed by atoms with Crippen LogP contribution < -0.4 is 0 Å². The second-order valence-electron chi connectivity index (χ2n) is 4.31. The zero-order chi connectivity index (χ0) is 15.1. The number of allylic oxidation sites excluding steroid dienone is 1. The highest BCUT2D eigenvalue weighted by molar-refractivity contribution is 6.26. The summed E-state index contributed by atoms with van der Waals surface area (Å²) in [6, 6.07) is 20.4. The number of esters is 1. The molecule has 0 amide bonds. The van der Waals surface area contributed by atoms with Crippen LogP contribution in [0, 0.1) is 11.3 Å². The van der Waals surface area contributed by atoms with Gasteiger partial charge in [0.1, 0.15) is 6.07 Å². The van der Waals surface area contributed by atoms with Crippen molar-refractivity contribution in [2.45, 2.75) is 6.92 Å². The van der Waals surface area contributed by atoms with E-state index in [0.717, 1.165) is 0 Å². The van der Waals surface area contributed by atoms with Crippen molar-refractivity contribution >= 4 is 17.1 Å². The molecule has 0 atom stereocenters. The van der Waals surface area contributed by atoms with E-state index in [1.165, 1.54) is 0 Å². The van der Waals surface area contributed by atoms with Crippen molar-refractivity contribution in [1.82, 2.24) is 0 Å². The van der Waals surface area contributed by atoms with Gasteiger partial charge >= 0.3 is 5.97 Å². The van der Waals surface area contributed by atoms with E-state index >= 15 is 0 Å². The number of carbonyl (C=O) groups excluding carboxylic acids is 1. The number of ether oxygens (including phenoxy) is 1. The van der Waals surface area contributed by atoms with Gasteiger partial charge in [0.25, 0.3) is 0 Å². The van der Waals surface area contributed by atoms with E-state index in [0.29, 0.717) is 22.3 Å². The van der Waals surface area contributed by atoms with Gasteiger partial charge < -0.3 is 4.74 Å². The average Bonchev–Trinajstić information content (AvgIpc) is 2.54. The first-order valence-electron chi connectivity index (χ1n) is 6.70. The van der Waals surface area contributed by atoms with E-state index in [9.17, 15) is 10.1 Å². The van der Waals surface area contributed by atoms with Crippen LogP contribution in [0.25, 0.3) is 11.1 Å². The molecule has 0 aliphatic rings. The monoisotopic (exact) mass is 277 g/mol. The number of carbonyl (C=O) groups is 1. The van der Waals surface area contributed by atoms with Gasteiger partial charge in [0.15, 0.2) is 0 Å². The van der Waals surface area contributed by atoms with Crippen molar-refractivity contribution in [3.8, 4) is 6.07 Å². The predicted octanol–water partition coefficient (Wildman–Crippen LogP) is 3.68. The largest absolute Gasteiger partial charge is 0.462 e. The molecule has 0 radical (unpaired) electrons. The lowest BCUT2D eigenvalue weighted by atomic mass is 9.95. The van der Waals surface area contributed by atoms with Crippen LogP contribution in [0.5, 0.6) is 0 Å². The molecule has 0 fully saturated rings. The van der Waals surface area contributed by atoms with E-state index in [1.54, 1.807) is 31.2 Å². The van der Waals surface area contributed by atoms with Crippen LogP contribution >= 0.6 is 0 Å². The quantitative estimate of drug-likeness (QED) is 0.371. The fraction of sp³-hybridized carbons (Fsp3) is 0.111.